The number of halogens is 3. The zero-order valence-electron chi connectivity index (χ0n) is 17.8. The first-order chi connectivity index (χ1) is 14.4. The molecule has 11 heteroatoms. The number of aliphatic carboxylic acids is 1. The highest BCUT2D eigenvalue weighted by Gasteiger charge is 2.49. The van der Waals surface area contributed by atoms with Gasteiger partial charge in [-0.2, -0.15) is 24.5 Å². The lowest BCUT2D eigenvalue weighted by molar-refractivity contribution is -0.192. The Morgan fingerprint density at radius 2 is 1.87 bits per heavy atom. The van der Waals surface area contributed by atoms with Crippen LogP contribution in [0, 0.1) is 5.92 Å². The van der Waals surface area contributed by atoms with Gasteiger partial charge in [-0.1, -0.05) is 13.8 Å². The minimum absolute atomic E-state index is 0.114. The van der Waals surface area contributed by atoms with Gasteiger partial charge in [-0.25, -0.2) is 4.79 Å². The predicted octanol–water partition coefficient (Wildman–Crippen LogP) is 3.07. The third-order valence-electron chi connectivity index (χ3n) is 5.97. The van der Waals surface area contributed by atoms with Crippen LogP contribution < -0.4 is 4.90 Å². The Hall–Kier alpha value is -2.14. The van der Waals surface area contributed by atoms with Crippen LogP contribution in [0.15, 0.2) is 16.8 Å². The fraction of sp³-hybridized carbons (Fsp3) is 0.650. The molecule has 174 valence electrons. The lowest BCUT2D eigenvalue weighted by atomic mass is 9.92. The summed E-state index contributed by atoms with van der Waals surface area (Å²) in [6.45, 7) is 6.79. The smallest absolute Gasteiger partial charge is 0.475 e. The number of nitrogens with zero attached hydrogens (tertiary/aromatic N) is 3. The summed E-state index contributed by atoms with van der Waals surface area (Å²) in [7, 11) is 2.02. The molecule has 2 aliphatic rings. The molecule has 3 heterocycles. The molecule has 1 unspecified atom stereocenters. The topological polar surface area (TPSA) is 81.2 Å². The number of carbonyl (C=O) groups is 3. The molecule has 1 spiro atoms. The second kappa shape index (κ2) is 9.99. The molecular formula is C20H28F3N3O4S. The summed E-state index contributed by atoms with van der Waals surface area (Å²) in [5, 5.41) is 11.2. The maximum Gasteiger partial charge on any atom is 0.490 e. The molecule has 0 bridgehead atoms. The van der Waals surface area contributed by atoms with E-state index in [1.807, 2.05) is 33.7 Å². The summed E-state index contributed by atoms with van der Waals surface area (Å²) in [6, 6.07) is 2.00. The van der Waals surface area contributed by atoms with Gasteiger partial charge in [0.05, 0.1) is 17.8 Å². The minimum Gasteiger partial charge on any atom is -0.475 e. The van der Waals surface area contributed by atoms with Gasteiger partial charge in [0, 0.05) is 30.9 Å². The average molecular weight is 464 g/mol. The highest BCUT2D eigenvalue weighted by molar-refractivity contribution is 7.08. The van der Waals surface area contributed by atoms with Crippen LogP contribution in [-0.4, -0.2) is 77.6 Å². The highest BCUT2D eigenvalue weighted by Crippen LogP contribution is 2.34. The largest absolute Gasteiger partial charge is 0.490 e. The maximum atomic E-state index is 12.7. The van der Waals surface area contributed by atoms with Gasteiger partial charge in [-0.3, -0.25) is 14.5 Å². The zero-order chi connectivity index (χ0) is 23.4. The van der Waals surface area contributed by atoms with Crippen LogP contribution in [0.3, 0.4) is 0 Å². The van der Waals surface area contributed by atoms with Crippen molar-refractivity contribution in [1.29, 1.82) is 0 Å². The van der Waals surface area contributed by atoms with Crippen molar-refractivity contribution in [3.05, 3.63) is 16.8 Å². The summed E-state index contributed by atoms with van der Waals surface area (Å²) in [4.78, 5) is 40.2. The van der Waals surface area contributed by atoms with E-state index in [1.54, 1.807) is 11.3 Å². The summed E-state index contributed by atoms with van der Waals surface area (Å²) in [5.74, 6) is -2.20. The number of hydrogen-bond acceptors (Lipinski definition) is 5. The van der Waals surface area contributed by atoms with E-state index in [2.05, 4.69) is 18.7 Å². The molecule has 0 saturated carbocycles. The quantitative estimate of drug-likeness (QED) is 0.742. The number of carboxylic acid groups (broad SMARTS) is 1. The molecule has 2 saturated heterocycles. The second-order valence-electron chi connectivity index (χ2n) is 7.87. The first-order valence-corrected chi connectivity index (χ1v) is 11.0. The van der Waals surface area contributed by atoms with Gasteiger partial charge in [-0.05, 0) is 37.8 Å². The third-order valence-corrected chi connectivity index (χ3v) is 6.65. The number of hydrogen-bond donors (Lipinski definition) is 1. The Bertz CT molecular complexity index is 783. The van der Waals surface area contributed by atoms with E-state index in [0.717, 1.165) is 38.0 Å². The van der Waals surface area contributed by atoms with Gasteiger partial charge in [-0.15, -0.1) is 0 Å². The average Bonchev–Trinajstić information content (AvgIpc) is 3.36. The molecule has 2 amide bonds. The minimum atomic E-state index is -5.08. The van der Waals surface area contributed by atoms with Crippen molar-refractivity contribution in [2.24, 2.45) is 5.92 Å². The van der Waals surface area contributed by atoms with Gasteiger partial charge in [0.2, 0.25) is 11.8 Å². The molecule has 1 aromatic heterocycles. The van der Waals surface area contributed by atoms with Crippen LogP contribution in [0.2, 0.25) is 0 Å². The Morgan fingerprint density at radius 1 is 1.26 bits per heavy atom. The van der Waals surface area contributed by atoms with Gasteiger partial charge in [0.15, 0.2) is 0 Å². The van der Waals surface area contributed by atoms with E-state index in [4.69, 9.17) is 9.90 Å². The summed E-state index contributed by atoms with van der Waals surface area (Å²) in [6.07, 6.45) is -2.36. The van der Waals surface area contributed by atoms with Crippen LogP contribution in [-0.2, 0) is 14.4 Å². The van der Waals surface area contributed by atoms with E-state index in [9.17, 15) is 22.8 Å². The molecule has 2 aliphatic heterocycles. The standard InChI is InChI=1S/C18H27N3O2S.C2HF3O2/c1-4-14(5-2)17(23)20-8-7-18(12-20)13-21(15-6-9-24-11-15)16(22)10-19(18)3;3-2(4,5)1(6)7/h6,9,11,14H,4-5,7-8,10,12-13H2,1-3H3;(H,6,7). The van der Waals surface area contributed by atoms with Crippen LogP contribution in [0.25, 0.3) is 0 Å². The lowest BCUT2D eigenvalue weighted by Gasteiger charge is -2.46. The molecule has 0 radical (unpaired) electrons. The first kappa shape index (κ1) is 25.1. The Labute approximate surface area is 183 Å². The number of alkyl halides is 3. The van der Waals surface area contributed by atoms with Crippen molar-refractivity contribution in [3.63, 3.8) is 0 Å². The molecule has 1 N–H and O–H groups in total. The number of rotatable bonds is 4. The Kier molecular flexibility index (Phi) is 8.09. The monoisotopic (exact) mass is 463 g/mol. The van der Waals surface area contributed by atoms with E-state index in [1.165, 1.54) is 0 Å². The van der Waals surface area contributed by atoms with Crippen molar-refractivity contribution in [3.8, 4) is 0 Å². The van der Waals surface area contributed by atoms with Crippen LogP contribution >= 0.6 is 11.3 Å². The van der Waals surface area contributed by atoms with Crippen molar-refractivity contribution < 1.29 is 32.7 Å². The normalized spacial score (nSPS) is 22.1. The third kappa shape index (κ3) is 5.76. The molecule has 0 aromatic carbocycles. The molecule has 1 aromatic rings. The molecule has 31 heavy (non-hydrogen) atoms. The predicted molar refractivity (Wildman–Crippen MR) is 111 cm³/mol. The van der Waals surface area contributed by atoms with E-state index < -0.39 is 12.1 Å². The van der Waals surface area contributed by atoms with Gasteiger partial charge < -0.3 is 14.9 Å². The fourth-order valence-corrected chi connectivity index (χ4v) is 4.63. The number of piperazine rings is 1. The summed E-state index contributed by atoms with van der Waals surface area (Å²) >= 11 is 1.61. The van der Waals surface area contributed by atoms with Gasteiger partial charge in [0.1, 0.15) is 0 Å². The lowest BCUT2D eigenvalue weighted by Crippen LogP contribution is -2.64. The van der Waals surface area contributed by atoms with Gasteiger partial charge >= 0.3 is 12.1 Å². The molecule has 2 fully saturated rings. The summed E-state index contributed by atoms with van der Waals surface area (Å²) in [5.41, 5.74) is 0.875. The first-order valence-electron chi connectivity index (χ1n) is 10.1. The number of amides is 2. The molecule has 1 atom stereocenters. The number of thiophene rings is 1. The van der Waals surface area contributed by atoms with E-state index in [0.29, 0.717) is 13.1 Å². The number of likely N-dealkylation sites (tertiary alicyclic amines) is 1. The molecule has 0 aliphatic carbocycles. The fourth-order valence-electron chi connectivity index (χ4n) is 3.99. The molecule has 3 rings (SSSR count). The van der Waals surface area contributed by atoms with Crippen LogP contribution in [0.4, 0.5) is 18.9 Å². The zero-order valence-corrected chi connectivity index (χ0v) is 18.6. The van der Waals surface area contributed by atoms with Crippen molar-refractivity contribution >= 4 is 34.8 Å². The maximum absolute atomic E-state index is 12.7. The highest BCUT2D eigenvalue weighted by atomic mass is 32.1. The Balaban J connectivity index is 0.000000423. The summed E-state index contributed by atoms with van der Waals surface area (Å²) < 4.78 is 31.7. The number of likely N-dealkylation sites (N-methyl/N-ethyl adjacent to an activating group) is 1. The van der Waals surface area contributed by atoms with Gasteiger partial charge in [0.25, 0.3) is 0 Å². The number of anilines is 1. The number of carbonyl (C=O) groups excluding carboxylic acids is 2. The van der Waals surface area contributed by atoms with Crippen molar-refractivity contribution in [2.75, 3.05) is 38.1 Å². The van der Waals surface area contributed by atoms with E-state index >= 15 is 0 Å². The molecular weight excluding hydrogens is 435 g/mol. The SMILES string of the molecule is CCC(CC)C(=O)N1CCC2(C1)CN(c1ccsc1)C(=O)CN2C.O=C(O)C(F)(F)F. The van der Waals surface area contributed by atoms with E-state index in [-0.39, 0.29) is 23.3 Å². The number of carboxylic acids is 1. The van der Waals surface area contributed by atoms with Crippen molar-refractivity contribution in [1.82, 2.24) is 9.80 Å². The Morgan fingerprint density at radius 3 is 2.35 bits per heavy atom. The van der Waals surface area contributed by atoms with Crippen molar-refractivity contribution in [2.45, 2.75) is 44.8 Å². The molecule has 7 nitrogen and oxygen atoms in total. The van der Waals surface area contributed by atoms with Crippen LogP contribution in [0.1, 0.15) is 33.1 Å². The second-order valence-corrected chi connectivity index (χ2v) is 8.65. The van der Waals surface area contributed by atoms with Crippen LogP contribution in [0.5, 0.6) is 0 Å².